The maximum atomic E-state index is 12.8. The second-order valence-electron chi connectivity index (χ2n) is 4.90. The standard InChI is InChI=1S/C17H15FIN3O2/c18-13-3-7-15(8-4-13)21-16(23)9-10-17(24)22-20-11-12-1-5-14(19)6-2-12/h1-8,11H,9-10H2,(H,21,23)(H,22,24)/b20-11-. The van der Waals surface area contributed by atoms with Crippen molar-refractivity contribution in [3.63, 3.8) is 0 Å². The van der Waals surface area contributed by atoms with Crippen LogP contribution < -0.4 is 10.7 Å². The van der Waals surface area contributed by atoms with Crippen LogP contribution in [0.5, 0.6) is 0 Å². The number of nitrogens with one attached hydrogen (secondary N) is 2. The molecule has 0 saturated carbocycles. The topological polar surface area (TPSA) is 70.6 Å². The van der Waals surface area contributed by atoms with Gasteiger partial charge >= 0.3 is 0 Å². The monoisotopic (exact) mass is 439 g/mol. The van der Waals surface area contributed by atoms with Crippen molar-refractivity contribution in [1.29, 1.82) is 0 Å². The number of carbonyl (C=O) groups excluding carboxylic acids is 2. The minimum atomic E-state index is -0.377. The van der Waals surface area contributed by atoms with Gasteiger partial charge in [-0.15, -0.1) is 0 Å². The highest BCUT2D eigenvalue weighted by molar-refractivity contribution is 14.1. The zero-order valence-corrected chi connectivity index (χ0v) is 14.8. The normalized spacial score (nSPS) is 10.6. The Balaban J connectivity index is 1.71. The van der Waals surface area contributed by atoms with Crippen LogP contribution in [0.4, 0.5) is 10.1 Å². The number of amides is 2. The van der Waals surface area contributed by atoms with Crippen LogP contribution in [-0.2, 0) is 9.59 Å². The van der Waals surface area contributed by atoms with E-state index >= 15 is 0 Å². The summed E-state index contributed by atoms with van der Waals surface area (Å²) < 4.78 is 13.9. The lowest BCUT2D eigenvalue weighted by atomic mass is 10.2. The van der Waals surface area contributed by atoms with E-state index in [1.54, 1.807) is 0 Å². The van der Waals surface area contributed by atoms with Crippen LogP contribution in [0.3, 0.4) is 0 Å². The first-order valence-electron chi connectivity index (χ1n) is 7.16. The highest BCUT2D eigenvalue weighted by atomic mass is 127. The van der Waals surface area contributed by atoms with Crippen molar-refractivity contribution >= 4 is 46.3 Å². The molecule has 0 atom stereocenters. The molecule has 2 rings (SSSR count). The summed E-state index contributed by atoms with van der Waals surface area (Å²) in [5, 5.41) is 6.43. The third-order valence-corrected chi connectivity index (χ3v) is 3.70. The summed E-state index contributed by atoms with van der Waals surface area (Å²) in [6, 6.07) is 13.1. The van der Waals surface area contributed by atoms with Crippen molar-refractivity contribution in [2.75, 3.05) is 5.32 Å². The maximum absolute atomic E-state index is 12.8. The predicted octanol–water partition coefficient (Wildman–Crippen LogP) is 3.30. The Kier molecular flexibility index (Phi) is 6.86. The Labute approximate surface area is 152 Å². The Morgan fingerprint density at radius 1 is 1.00 bits per heavy atom. The third-order valence-electron chi connectivity index (χ3n) is 2.98. The van der Waals surface area contributed by atoms with Crippen molar-refractivity contribution in [2.45, 2.75) is 12.8 Å². The molecular formula is C17H15FIN3O2. The summed E-state index contributed by atoms with van der Waals surface area (Å²) in [5.41, 5.74) is 3.72. The Bertz CT molecular complexity index is 731. The molecule has 0 fully saturated rings. The number of anilines is 1. The quantitative estimate of drug-likeness (QED) is 0.412. The number of nitrogens with zero attached hydrogens (tertiary/aromatic N) is 1. The van der Waals surface area contributed by atoms with Crippen LogP contribution in [0.1, 0.15) is 18.4 Å². The Hall–Kier alpha value is -2.29. The zero-order chi connectivity index (χ0) is 17.4. The average Bonchev–Trinajstić information content (AvgIpc) is 2.57. The predicted molar refractivity (Wildman–Crippen MR) is 99.2 cm³/mol. The first kappa shape index (κ1) is 18.1. The van der Waals surface area contributed by atoms with Gasteiger partial charge in [-0.05, 0) is 64.6 Å². The van der Waals surface area contributed by atoms with E-state index in [1.807, 2.05) is 24.3 Å². The highest BCUT2D eigenvalue weighted by Crippen LogP contribution is 2.09. The summed E-state index contributed by atoms with van der Waals surface area (Å²) in [5.74, 6) is -1.05. The van der Waals surface area contributed by atoms with Gasteiger partial charge in [0.05, 0.1) is 6.21 Å². The van der Waals surface area contributed by atoms with Crippen LogP contribution in [0.25, 0.3) is 0 Å². The molecule has 0 saturated heterocycles. The molecule has 24 heavy (non-hydrogen) atoms. The second-order valence-corrected chi connectivity index (χ2v) is 6.15. The van der Waals surface area contributed by atoms with Crippen molar-refractivity contribution in [1.82, 2.24) is 5.43 Å². The summed E-state index contributed by atoms with van der Waals surface area (Å²) >= 11 is 2.20. The van der Waals surface area contributed by atoms with Gasteiger partial charge in [-0.2, -0.15) is 5.10 Å². The fraction of sp³-hybridized carbons (Fsp3) is 0.118. The van der Waals surface area contributed by atoms with Gasteiger partial charge in [-0.1, -0.05) is 12.1 Å². The van der Waals surface area contributed by atoms with Crippen LogP contribution in [-0.4, -0.2) is 18.0 Å². The lowest BCUT2D eigenvalue weighted by Crippen LogP contribution is -2.20. The van der Waals surface area contributed by atoms with Gasteiger partial charge in [0.1, 0.15) is 5.82 Å². The van der Waals surface area contributed by atoms with E-state index < -0.39 is 0 Å². The zero-order valence-electron chi connectivity index (χ0n) is 12.6. The molecule has 2 aromatic rings. The van der Waals surface area contributed by atoms with E-state index in [0.29, 0.717) is 5.69 Å². The molecule has 0 heterocycles. The van der Waals surface area contributed by atoms with E-state index in [-0.39, 0.29) is 30.5 Å². The van der Waals surface area contributed by atoms with Gasteiger partial charge in [0.2, 0.25) is 11.8 Å². The SMILES string of the molecule is O=C(CCC(=O)Nc1ccc(F)cc1)N/N=C\c1ccc(I)cc1. The fourth-order valence-corrected chi connectivity index (χ4v) is 2.13. The molecular weight excluding hydrogens is 424 g/mol. The highest BCUT2D eigenvalue weighted by Gasteiger charge is 2.06. The minimum Gasteiger partial charge on any atom is -0.326 e. The molecule has 0 bridgehead atoms. The van der Waals surface area contributed by atoms with Gasteiger partial charge in [0, 0.05) is 22.1 Å². The summed E-state index contributed by atoms with van der Waals surface area (Å²) in [4.78, 5) is 23.3. The first-order valence-corrected chi connectivity index (χ1v) is 8.24. The van der Waals surface area contributed by atoms with Crippen molar-refractivity contribution in [3.05, 3.63) is 63.5 Å². The van der Waals surface area contributed by atoms with E-state index in [1.165, 1.54) is 30.5 Å². The van der Waals surface area contributed by atoms with Gasteiger partial charge < -0.3 is 5.32 Å². The molecule has 2 amide bonds. The molecule has 0 unspecified atom stereocenters. The van der Waals surface area contributed by atoms with Crippen molar-refractivity contribution in [2.24, 2.45) is 5.10 Å². The number of halogens is 2. The van der Waals surface area contributed by atoms with Gasteiger partial charge in [-0.25, -0.2) is 9.82 Å². The van der Waals surface area contributed by atoms with Crippen LogP contribution in [0.15, 0.2) is 53.6 Å². The smallest absolute Gasteiger partial charge is 0.240 e. The molecule has 2 N–H and O–H groups in total. The van der Waals surface area contributed by atoms with E-state index in [0.717, 1.165) is 9.13 Å². The number of hydrogen-bond acceptors (Lipinski definition) is 3. The molecule has 7 heteroatoms. The van der Waals surface area contributed by atoms with Crippen LogP contribution >= 0.6 is 22.6 Å². The van der Waals surface area contributed by atoms with E-state index in [9.17, 15) is 14.0 Å². The molecule has 0 spiro atoms. The van der Waals surface area contributed by atoms with Crippen LogP contribution in [0, 0.1) is 9.39 Å². The molecule has 124 valence electrons. The van der Waals surface area contributed by atoms with Crippen LogP contribution in [0.2, 0.25) is 0 Å². The molecule has 0 aliphatic heterocycles. The van der Waals surface area contributed by atoms with Crippen molar-refractivity contribution < 1.29 is 14.0 Å². The Morgan fingerprint density at radius 2 is 1.62 bits per heavy atom. The number of rotatable bonds is 6. The summed E-state index contributed by atoms with van der Waals surface area (Å²) in [7, 11) is 0. The Morgan fingerprint density at radius 3 is 2.29 bits per heavy atom. The van der Waals surface area contributed by atoms with Gasteiger partial charge in [-0.3, -0.25) is 9.59 Å². The number of hydrogen-bond donors (Lipinski definition) is 2. The third kappa shape index (κ3) is 6.45. The molecule has 0 aromatic heterocycles. The lowest BCUT2D eigenvalue weighted by Gasteiger charge is -2.04. The number of benzene rings is 2. The second kappa shape index (κ2) is 9.11. The van der Waals surface area contributed by atoms with Crippen molar-refractivity contribution in [3.8, 4) is 0 Å². The molecule has 0 aliphatic carbocycles. The van der Waals surface area contributed by atoms with E-state index in [4.69, 9.17) is 0 Å². The summed E-state index contributed by atoms with van der Waals surface area (Å²) in [6.07, 6.45) is 1.56. The molecule has 0 aliphatic rings. The van der Waals surface area contributed by atoms with Gasteiger partial charge in [0.25, 0.3) is 0 Å². The summed E-state index contributed by atoms with van der Waals surface area (Å²) in [6.45, 7) is 0. The average molecular weight is 439 g/mol. The molecule has 0 radical (unpaired) electrons. The number of hydrazone groups is 1. The molecule has 2 aromatic carbocycles. The maximum Gasteiger partial charge on any atom is 0.240 e. The number of carbonyl (C=O) groups is 2. The minimum absolute atomic E-state index is 0.0110. The fourth-order valence-electron chi connectivity index (χ4n) is 1.77. The largest absolute Gasteiger partial charge is 0.326 e. The molecule has 5 nitrogen and oxygen atoms in total. The van der Waals surface area contributed by atoms with E-state index in [2.05, 4.69) is 38.4 Å². The van der Waals surface area contributed by atoms with Gasteiger partial charge in [0.15, 0.2) is 0 Å². The first-order chi connectivity index (χ1) is 11.5. The lowest BCUT2D eigenvalue weighted by molar-refractivity contribution is -0.124.